The topological polar surface area (TPSA) is 43.1 Å². The Labute approximate surface area is 134 Å². The molecule has 0 bridgehead atoms. The highest BCUT2D eigenvalue weighted by Crippen LogP contribution is 2.66. The second-order valence-electron chi connectivity index (χ2n) is 9.33. The molecule has 124 valence electrons. The van der Waals surface area contributed by atoms with E-state index in [0.29, 0.717) is 11.3 Å². The summed E-state index contributed by atoms with van der Waals surface area (Å²) in [5.41, 5.74) is 0.539. The van der Waals surface area contributed by atoms with Gasteiger partial charge in [-0.15, -0.1) is 0 Å². The van der Waals surface area contributed by atoms with Crippen LogP contribution in [0, 0.1) is 44.6 Å². The summed E-state index contributed by atoms with van der Waals surface area (Å²) in [5, 5.41) is 11.5. The van der Waals surface area contributed by atoms with E-state index in [1.165, 1.54) is 44.9 Å². The van der Waals surface area contributed by atoms with Crippen LogP contribution in [0.25, 0.3) is 0 Å². The van der Waals surface area contributed by atoms with Crippen molar-refractivity contribution >= 4 is 0 Å². The zero-order valence-corrected chi connectivity index (χ0v) is 14.2. The van der Waals surface area contributed by atoms with Crippen molar-refractivity contribution in [1.29, 1.82) is 0 Å². The molecule has 0 amide bonds. The molecule has 4 fully saturated rings. The Morgan fingerprint density at radius 3 is 2.41 bits per heavy atom. The van der Waals surface area contributed by atoms with Gasteiger partial charge in [-0.1, -0.05) is 26.7 Å². The Morgan fingerprint density at radius 2 is 1.64 bits per heavy atom. The Balaban J connectivity index is 1.63. The van der Waals surface area contributed by atoms with E-state index in [1.807, 2.05) is 0 Å². The third-order valence-corrected chi connectivity index (χ3v) is 8.79. The SMILES string of the molecule is C[C@]12CCCC[C@@H]1CC[C@@H]1[C@@H]2CC[C@@]2(C)[C@H]1CC[C@H]2[N+](=O)[O-]. The molecule has 0 unspecified atom stereocenters. The highest BCUT2D eigenvalue weighted by molar-refractivity contribution is 5.09. The van der Waals surface area contributed by atoms with Crippen LogP contribution < -0.4 is 0 Å². The maximum atomic E-state index is 11.5. The average molecular weight is 305 g/mol. The van der Waals surface area contributed by atoms with Crippen LogP contribution in [0.3, 0.4) is 0 Å². The largest absolute Gasteiger partial charge is 0.264 e. The van der Waals surface area contributed by atoms with E-state index in [2.05, 4.69) is 13.8 Å². The van der Waals surface area contributed by atoms with Crippen molar-refractivity contribution in [2.24, 2.45) is 34.5 Å². The summed E-state index contributed by atoms with van der Waals surface area (Å²) in [6.45, 7) is 4.83. The van der Waals surface area contributed by atoms with Crippen molar-refractivity contribution in [1.82, 2.24) is 0 Å². The average Bonchev–Trinajstić information content (AvgIpc) is 2.84. The molecule has 0 heterocycles. The maximum Gasteiger partial charge on any atom is 0.218 e. The fraction of sp³-hybridized carbons (Fsp3) is 1.00. The summed E-state index contributed by atoms with van der Waals surface area (Å²) in [6, 6.07) is -0.268. The van der Waals surface area contributed by atoms with Crippen LogP contribution >= 0.6 is 0 Å². The normalized spacial score (nSPS) is 54.2. The predicted octanol–water partition coefficient (Wildman–Crippen LogP) is 5.06. The molecule has 4 aliphatic carbocycles. The van der Waals surface area contributed by atoms with Gasteiger partial charge in [-0.05, 0) is 74.0 Å². The van der Waals surface area contributed by atoms with Gasteiger partial charge in [-0.25, -0.2) is 0 Å². The first kappa shape index (κ1) is 15.0. The van der Waals surface area contributed by atoms with Crippen molar-refractivity contribution in [3.05, 3.63) is 10.1 Å². The second kappa shape index (κ2) is 4.95. The summed E-state index contributed by atoms with van der Waals surface area (Å²) >= 11 is 0. The second-order valence-corrected chi connectivity index (χ2v) is 9.33. The molecule has 4 saturated carbocycles. The Hall–Kier alpha value is -0.600. The number of hydrogen-bond acceptors (Lipinski definition) is 2. The third kappa shape index (κ3) is 1.86. The lowest BCUT2D eigenvalue weighted by molar-refractivity contribution is -0.540. The van der Waals surface area contributed by atoms with Gasteiger partial charge in [0.1, 0.15) is 0 Å². The minimum atomic E-state index is -0.268. The van der Waals surface area contributed by atoms with E-state index in [-0.39, 0.29) is 16.4 Å². The van der Waals surface area contributed by atoms with Crippen LogP contribution in [0.4, 0.5) is 0 Å². The fourth-order valence-corrected chi connectivity index (χ4v) is 7.61. The molecule has 7 atom stereocenters. The minimum absolute atomic E-state index is 0.0114. The molecule has 0 radical (unpaired) electrons. The van der Waals surface area contributed by atoms with Crippen molar-refractivity contribution in [3.63, 3.8) is 0 Å². The van der Waals surface area contributed by atoms with Gasteiger partial charge < -0.3 is 0 Å². The van der Waals surface area contributed by atoms with Gasteiger partial charge in [0.05, 0.1) is 0 Å². The van der Waals surface area contributed by atoms with Crippen molar-refractivity contribution < 1.29 is 4.92 Å². The van der Waals surface area contributed by atoms with E-state index in [0.717, 1.165) is 37.0 Å². The summed E-state index contributed by atoms with van der Waals surface area (Å²) in [6.07, 6.45) is 12.8. The Kier molecular flexibility index (Phi) is 3.36. The number of nitrogens with zero attached hydrogens (tertiary/aromatic N) is 1. The number of rotatable bonds is 1. The van der Waals surface area contributed by atoms with Crippen LogP contribution in [-0.2, 0) is 0 Å². The van der Waals surface area contributed by atoms with Crippen molar-refractivity contribution in [3.8, 4) is 0 Å². The molecule has 0 N–H and O–H groups in total. The number of hydrogen-bond donors (Lipinski definition) is 0. The number of nitro groups is 1. The molecular weight excluding hydrogens is 274 g/mol. The quantitative estimate of drug-likeness (QED) is 0.501. The summed E-state index contributed by atoms with van der Waals surface area (Å²) in [5.74, 6) is 3.21. The van der Waals surface area contributed by atoms with Gasteiger partial charge in [-0.2, -0.15) is 0 Å². The molecule has 3 heteroatoms. The van der Waals surface area contributed by atoms with Crippen molar-refractivity contribution in [2.75, 3.05) is 0 Å². The standard InChI is InChI=1S/C19H31NO2/c1-18-11-4-3-5-13(18)6-7-14-15-8-9-17(20(21)22)19(15,2)12-10-16(14)18/h13-17H,3-12H2,1-2H3/t13-,14+,15+,16+,17-,18+,19+/m1/s1. The predicted molar refractivity (Wildman–Crippen MR) is 87.1 cm³/mol. The maximum absolute atomic E-state index is 11.5. The third-order valence-electron chi connectivity index (χ3n) is 8.79. The smallest absolute Gasteiger partial charge is 0.218 e. The molecule has 4 rings (SSSR count). The summed E-state index contributed by atoms with van der Waals surface area (Å²) in [7, 11) is 0. The minimum Gasteiger partial charge on any atom is -0.264 e. The molecule has 3 nitrogen and oxygen atoms in total. The van der Waals surface area contributed by atoms with E-state index < -0.39 is 0 Å². The number of fused-ring (bicyclic) bond motifs is 5. The molecule has 0 aromatic rings. The van der Waals surface area contributed by atoms with Gasteiger partial charge in [-0.3, -0.25) is 10.1 Å². The van der Waals surface area contributed by atoms with Crippen molar-refractivity contribution in [2.45, 2.75) is 84.1 Å². The Bertz CT molecular complexity index is 478. The van der Waals surface area contributed by atoms with Crippen LogP contribution in [0.15, 0.2) is 0 Å². The monoisotopic (exact) mass is 305 g/mol. The molecule has 4 aliphatic rings. The van der Waals surface area contributed by atoms with Gasteiger partial charge in [0.25, 0.3) is 0 Å². The molecule has 0 saturated heterocycles. The lowest BCUT2D eigenvalue weighted by atomic mass is 9.45. The first-order chi connectivity index (χ1) is 10.5. The lowest BCUT2D eigenvalue weighted by Crippen LogP contribution is -2.54. The fourth-order valence-electron chi connectivity index (χ4n) is 7.61. The lowest BCUT2D eigenvalue weighted by Gasteiger charge is -2.59. The first-order valence-corrected chi connectivity index (χ1v) is 9.60. The molecule has 0 spiro atoms. The van der Waals surface area contributed by atoms with Gasteiger partial charge in [0.2, 0.25) is 6.04 Å². The van der Waals surface area contributed by atoms with Crippen LogP contribution in [0.2, 0.25) is 0 Å². The zero-order chi connectivity index (χ0) is 15.5. The van der Waals surface area contributed by atoms with Gasteiger partial charge >= 0.3 is 0 Å². The van der Waals surface area contributed by atoms with E-state index >= 15 is 0 Å². The molecule has 22 heavy (non-hydrogen) atoms. The highest BCUT2D eigenvalue weighted by Gasteiger charge is 2.62. The van der Waals surface area contributed by atoms with Crippen LogP contribution in [-0.4, -0.2) is 11.0 Å². The molecule has 0 aliphatic heterocycles. The molecule has 0 aromatic carbocycles. The first-order valence-electron chi connectivity index (χ1n) is 9.60. The van der Waals surface area contributed by atoms with Crippen LogP contribution in [0.1, 0.15) is 78.1 Å². The summed E-state index contributed by atoms with van der Waals surface area (Å²) in [4.78, 5) is 11.6. The van der Waals surface area contributed by atoms with Gasteiger partial charge in [0.15, 0.2) is 0 Å². The van der Waals surface area contributed by atoms with Crippen LogP contribution in [0.5, 0.6) is 0 Å². The zero-order valence-electron chi connectivity index (χ0n) is 14.2. The van der Waals surface area contributed by atoms with E-state index in [4.69, 9.17) is 0 Å². The van der Waals surface area contributed by atoms with E-state index in [1.54, 1.807) is 0 Å². The molecular formula is C19H31NO2. The summed E-state index contributed by atoms with van der Waals surface area (Å²) < 4.78 is 0. The highest BCUT2D eigenvalue weighted by atomic mass is 16.6. The molecule has 0 aromatic heterocycles. The van der Waals surface area contributed by atoms with Gasteiger partial charge in [0, 0.05) is 16.8 Å². The Morgan fingerprint density at radius 1 is 0.864 bits per heavy atom. The van der Waals surface area contributed by atoms with E-state index in [9.17, 15) is 10.1 Å².